The number of ether oxygens (including phenoxy) is 1. The number of esters is 1. The van der Waals surface area contributed by atoms with Gasteiger partial charge in [-0.05, 0) is 85.8 Å². The predicted octanol–water partition coefficient (Wildman–Crippen LogP) is 4.92. The molecule has 0 aromatic carbocycles. The summed E-state index contributed by atoms with van der Waals surface area (Å²) in [6, 6.07) is 3.74. The molecule has 1 unspecified atom stereocenters. The van der Waals surface area contributed by atoms with E-state index in [-0.39, 0.29) is 41.7 Å². The second-order valence-electron chi connectivity index (χ2n) is 11.7. The van der Waals surface area contributed by atoms with E-state index in [2.05, 4.69) is 24.1 Å². The Morgan fingerprint density at radius 3 is 2.74 bits per heavy atom. The average Bonchev–Trinajstić information content (AvgIpc) is 3.18. The molecule has 6 heteroatoms. The zero-order valence-corrected chi connectivity index (χ0v) is 21.1. The van der Waals surface area contributed by atoms with E-state index in [4.69, 9.17) is 4.74 Å². The SMILES string of the molecule is C[C@]12CCC(=O)C=C1CC[C@@H]1[C@@H]2CC[C@]2(C)C(OC(=O)CCC(=O)NCc3cccnc3)CC[C@@H]12. The summed E-state index contributed by atoms with van der Waals surface area (Å²) in [4.78, 5) is 41.0. The van der Waals surface area contributed by atoms with Crippen LogP contribution in [0.1, 0.15) is 83.6 Å². The van der Waals surface area contributed by atoms with Crippen LogP contribution in [0.5, 0.6) is 0 Å². The van der Waals surface area contributed by atoms with Gasteiger partial charge in [-0.25, -0.2) is 0 Å². The summed E-state index contributed by atoms with van der Waals surface area (Å²) in [5.74, 6) is 1.74. The van der Waals surface area contributed by atoms with Crippen molar-refractivity contribution in [1.29, 1.82) is 0 Å². The average molecular weight is 479 g/mol. The van der Waals surface area contributed by atoms with E-state index in [0.717, 1.165) is 50.5 Å². The number of aromatic nitrogens is 1. The Balaban J connectivity index is 1.16. The highest BCUT2D eigenvalue weighted by atomic mass is 16.5. The number of hydrogen-bond donors (Lipinski definition) is 1. The lowest BCUT2D eigenvalue weighted by atomic mass is 9.47. The van der Waals surface area contributed by atoms with Crippen molar-refractivity contribution in [3.8, 4) is 0 Å². The van der Waals surface area contributed by atoms with Gasteiger partial charge in [-0.15, -0.1) is 0 Å². The van der Waals surface area contributed by atoms with Crippen molar-refractivity contribution >= 4 is 17.7 Å². The summed E-state index contributed by atoms with van der Waals surface area (Å²) in [5.41, 5.74) is 2.50. The Kier molecular flexibility index (Phi) is 6.58. The number of amides is 1. The van der Waals surface area contributed by atoms with Crippen LogP contribution < -0.4 is 5.32 Å². The molecule has 1 heterocycles. The highest BCUT2D eigenvalue weighted by Crippen LogP contribution is 2.65. The second kappa shape index (κ2) is 9.51. The Morgan fingerprint density at radius 2 is 1.94 bits per heavy atom. The van der Waals surface area contributed by atoms with Crippen LogP contribution in [0.3, 0.4) is 0 Å². The summed E-state index contributed by atoms with van der Waals surface area (Å²) < 4.78 is 6.04. The maximum absolute atomic E-state index is 12.7. The summed E-state index contributed by atoms with van der Waals surface area (Å²) >= 11 is 0. The second-order valence-corrected chi connectivity index (χ2v) is 11.7. The molecule has 188 valence electrons. The summed E-state index contributed by atoms with van der Waals surface area (Å²) in [6.07, 6.45) is 13.7. The van der Waals surface area contributed by atoms with Crippen molar-refractivity contribution in [2.24, 2.45) is 28.6 Å². The van der Waals surface area contributed by atoms with Crippen LogP contribution in [0, 0.1) is 28.6 Å². The first-order chi connectivity index (χ1) is 16.8. The molecular formula is C29H38N2O4. The molecule has 3 saturated carbocycles. The minimum absolute atomic E-state index is 0.0153. The minimum atomic E-state index is -0.262. The Bertz CT molecular complexity index is 1020. The number of rotatable bonds is 6. The number of nitrogens with one attached hydrogen (secondary N) is 1. The van der Waals surface area contributed by atoms with E-state index in [9.17, 15) is 14.4 Å². The fourth-order valence-corrected chi connectivity index (χ4v) is 7.93. The molecule has 6 atom stereocenters. The molecule has 0 bridgehead atoms. The molecule has 0 radical (unpaired) electrons. The fraction of sp³-hybridized carbons (Fsp3) is 0.655. The highest BCUT2D eigenvalue weighted by molar-refractivity contribution is 5.91. The molecule has 1 N–H and O–H groups in total. The van der Waals surface area contributed by atoms with Gasteiger partial charge in [0.05, 0.1) is 6.42 Å². The van der Waals surface area contributed by atoms with Gasteiger partial charge in [0.1, 0.15) is 6.10 Å². The number of carbonyl (C=O) groups excluding carboxylic acids is 3. The lowest BCUT2D eigenvalue weighted by molar-refractivity contribution is -0.160. The van der Waals surface area contributed by atoms with Crippen LogP contribution in [0.15, 0.2) is 36.2 Å². The Labute approximate surface area is 208 Å². The fourth-order valence-electron chi connectivity index (χ4n) is 7.93. The van der Waals surface area contributed by atoms with E-state index >= 15 is 0 Å². The van der Waals surface area contributed by atoms with Crippen LogP contribution in [0.2, 0.25) is 0 Å². The Hall–Kier alpha value is -2.50. The van der Waals surface area contributed by atoms with Gasteiger partial charge in [0, 0.05) is 37.2 Å². The Morgan fingerprint density at radius 1 is 1.09 bits per heavy atom. The minimum Gasteiger partial charge on any atom is -0.462 e. The van der Waals surface area contributed by atoms with E-state index < -0.39 is 0 Å². The highest BCUT2D eigenvalue weighted by Gasteiger charge is 2.59. The molecule has 0 spiro atoms. The van der Waals surface area contributed by atoms with Gasteiger partial charge in [0.2, 0.25) is 5.91 Å². The van der Waals surface area contributed by atoms with Gasteiger partial charge in [0.15, 0.2) is 5.78 Å². The zero-order valence-electron chi connectivity index (χ0n) is 21.1. The van der Waals surface area contributed by atoms with Crippen LogP contribution in [0.25, 0.3) is 0 Å². The van der Waals surface area contributed by atoms with Gasteiger partial charge in [-0.1, -0.05) is 25.5 Å². The molecule has 35 heavy (non-hydrogen) atoms. The third-order valence-corrected chi connectivity index (χ3v) is 9.92. The van der Waals surface area contributed by atoms with Crippen LogP contribution in [0.4, 0.5) is 0 Å². The number of pyridine rings is 1. The molecule has 0 saturated heterocycles. The number of hydrogen-bond acceptors (Lipinski definition) is 5. The van der Waals surface area contributed by atoms with Gasteiger partial charge in [-0.3, -0.25) is 19.4 Å². The molecule has 4 aliphatic rings. The third kappa shape index (κ3) is 4.56. The number of nitrogens with zero attached hydrogens (tertiary/aromatic N) is 1. The number of fused-ring (bicyclic) bond motifs is 5. The first kappa shape index (κ1) is 24.2. The number of carbonyl (C=O) groups is 3. The lowest BCUT2D eigenvalue weighted by Crippen LogP contribution is -2.51. The van der Waals surface area contributed by atoms with Gasteiger partial charge in [0.25, 0.3) is 0 Å². The van der Waals surface area contributed by atoms with Crippen molar-refractivity contribution in [2.75, 3.05) is 0 Å². The van der Waals surface area contributed by atoms with Crippen LogP contribution >= 0.6 is 0 Å². The molecule has 5 rings (SSSR count). The molecule has 1 aromatic rings. The van der Waals surface area contributed by atoms with Crippen molar-refractivity contribution < 1.29 is 19.1 Å². The van der Waals surface area contributed by atoms with Crippen molar-refractivity contribution in [3.63, 3.8) is 0 Å². The van der Waals surface area contributed by atoms with E-state index in [1.807, 2.05) is 18.2 Å². The van der Waals surface area contributed by atoms with E-state index in [1.54, 1.807) is 12.4 Å². The first-order valence-electron chi connectivity index (χ1n) is 13.4. The molecule has 1 amide bonds. The quantitative estimate of drug-likeness (QED) is 0.587. The van der Waals surface area contributed by atoms with Crippen molar-refractivity contribution in [2.45, 2.75) is 90.7 Å². The standard InChI is InChI=1S/C29H38N2O4/c1-28-13-11-21(32)16-20(28)5-6-22-23-7-8-25(29(23,2)14-12-24(22)28)35-27(34)10-9-26(33)31-18-19-4-3-15-30-17-19/h3-4,15-17,22-25H,5-14,18H2,1-2H3,(H,31,33)/t22-,23-,24-,25?,28-,29-/m0/s1. The molecular weight excluding hydrogens is 440 g/mol. The van der Waals surface area contributed by atoms with E-state index in [0.29, 0.717) is 36.5 Å². The largest absolute Gasteiger partial charge is 0.462 e. The van der Waals surface area contributed by atoms with Crippen molar-refractivity contribution in [1.82, 2.24) is 10.3 Å². The van der Waals surface area contributed by atoms with Gasteiger partial charge >= 0.3 is 5.97 Å². The normalized spacial score (nSPS) is 35.8. The number of allylic oxidation sites excluding steroid dienone is 1. The first-order valence-corrected chi connectivity index (χ1v) is 13.4. The van der Waals surface area contributed by atoms with Gasteiger partial charge < -0.3 is 10.1 Å². The molecule has 3 fully saturated rings. The molecule has 1 aromatic heterocycles. The molecule has 4 aliphatic carbocycles. The van der Waals surface area contributed by atoms with Crippen LogP contribution in [-0.2, 0) is 25.7 Å². The molecule has 0 aliphatic heterocycles. The van der Waals surface area contributed by atoms with Crippen LogP contribution in [-0.4, -0.2) is 28.7 Å². The topological polar surface area (TPSA) is 85.4 Å². The predicted molar refractivity (Wildman–Crippen MR) is 132 cm³/mol. The third-order valence-electron chi connectivity index (χ3n) is 9.92. The summed E-state index contributed by atoms with van der Waals surface area (Å²) in [5, 5.41) is 2.85. The maximum Gasteiger partial charge on any atom is 0.306 e. The zero-order chi connectivity index (χ0) is 24.6. The van der Waals surface area contributed by atoms with Gasteiger partial charge in [-0.2, -0.15) is 0 Å². The smallest absolute Gasteiger partial charge is 0.306 e. The van der Waals surface area contributed by atoms with E-state index in [1.165, 1.54) is 5.57 Å². The maximum atomic E-state index is 12.7. The molecule has 6 nitrogen and oxygen atoms in total. The number of ketones is 1. The monoisotopic (exact) mass is 478 g/mol. The lowest BCUT2D eigenvalue weighted by Gasteiger charge is -2.57. The van der Waals surface area contributed by atoms with Crippen molar-refractivity contribution in [3.05, 3.63) is 41.7 Å². The summed E-state index contributed by atoms with van der Waals surface area (Å²) in [6.45, 7) is 5.14. The summed E-state index contributed by atoms with van der Waals surface area (Å²) in [7, 11) is 0.